The average molecular weight is 275 g/mol. The van der Waals surface area contributed by atoms with Crippen molar-refractivity contribution in [2.45, 2.75) is 0 Å². The van der Waals surface area contributed by atoms with Gasteiger partial charge in [0, 0.05) is 12.1 Å². The van der Waals surface area contributed by atoms with Crippen molar-refractivity contribution in [3.05, 3.63) is 41.4 Å². The number of aromatic nitrogens is 2. The highest BCUT2D eigenvalue weighted by Gasteiger charge is 2.16. The first-order valence-electron chi connectivity index (χ1n) is 5.71. The number of hydrogen-bond acceptors (Lipinski definition) is 3. The molecule has 3 rings (SSSR count). The topological polar surface area (TPSA) is 58.3 Å². The third kappa shape index (κ3) is 1.81. The molecule has 2 N–H and O–H groups in total. The molecule has 0 fully saturated rings. The van der Waals surface area contributed by atoms with E-state index in [1.165, 1.54) is 12.1 Å². The Hall–Kier alpha value is -2.20. The van der Waals surface area contributed by atoms with Gasteiger partial charge in [-0.15, -0.1) is 0 Å². The maximum absolute atomic E-state index is 9.91. The zero-order chi connectivity index (χ0) is 13.6. The van der Waals surface area contributed by atoms with E-state index >= 15 is 0 Å². The van der Waals surface area contributed by atoms with E-state index in [2.05, 4.69) is 4.98 Å². The highest BCUT2D eigenvalue weighted by molar-refractivity contribution is 6.31. The van der Waals surface area contributed by atoms with Gasteiger partial charge in [-0.25, -0.2) is 4.98 Å². The molecule has 0 atom stereocenters. The normalized spacial score (nSPS) is 11.1. The van der Waals surface area contributed by atoms with Crippen molar-refractivity contribution in [1.82, 2.24) is 9.55 Å². The van der Waals surface area contributed by atoms with Gasteiger partial charge in [-0.05, 0) is 30.3 Å². The Kier molecular flexibility index (Phi) is 2.61. The summed E-state index contributed by atoms with van der Waals surface area (Å²) in [6.45, 7) is 0. The third-order valence-electron chi connectivity index (χ3n) is 3.09. The molecule has 4 nitrogen and oxygen atoms in total. The summed E-state index contributed by atoms with van der Waals surface area (Å²) < 4.78 is 1.79. The maximum atomic E-state index is 9.91. The predicted octanol–water partition coefficient (Wildman–Crippen LogP) is 3.30. The minimum Gasteiger partial charge on any atom is -0.507 e. The SMILES string of the molecule is Cn1c(-c2c(O)cccc2O)nc2ccc(Cl)cc21. The lowest BCUT2D eigenvalue weighted by Crippen LogP contribution is -1.93. The maximum Gasteiger partial charge on any atom is 0.148 e. The van der Waals surface area contributed by atoms with Crippen LogP contribution < -0.4 is 0 Å². The number of hydrogen-bond donors (Lipinski definition) is 2. The summed E-state index contributed by atoms with van der Waals surface area (Å²) >= 11 is 5.97. The summed E-state index contributed by atoms with van der Waals surface area (Å²) in [6.07, 6.45) is 0. The minimum atomic E-state index is -0.00972. The van der Waals surface area contributed by atoms with E-state index in [1.807, 2.05) is 7.05 Å². The summed E-state index contributed by atoms with van der Waals surface area (Å²) in [5, 5.41) is 20.4. The number of imidazole rings is 1. The summed E-state index contributed by atoms with van der Waals surface area (Å²) in [5.74, 6) is 0.474. The Balaban J connectivity index is 2.35. The molecule has 0 aliphatic rings. The molecule has 0 bridgehead atoms. The number of phenolic OH excluding ortho intramolecular Hbond substituents is 2. The van der Waals surface area contributed by atoms with E-state index in [0.29, 0.717) is 16.4 Å². The molecule has 0 unspecified atom stereocenters. The molecule has 2 aromatic carbocycles. The fourth-order valence-corrected chi connectivity index (χ4v) is 2.31. The highest BCUT2D eigenvalue weighted by atomic mass is 35.5. The van der Waals surface area contributed by atoms with E-state index in [4.69, 9.17) is 11.6 Å². The molecule has 0 spiro atoms. The van der Waals surface area contributed by atoms with E-state index in [9.17, 15) is 10.2 Å². The largest absolute Gasteiger partial charge is 0.507 e. The molecule has 5 heteroatoms. The molecule has 0 radical (unpaired) electrons. The van der Waals surface area contributed by atoms with Crippen LogP contribution in [-0.2, 0) is 7.05 Å². The average Bonchev–Trinajstić information content (AvgIpc) is 2.67. The van der Waals surface area contributed by atoms with Gasteiger partial charge in [0.05, 0.1) is 11.0 Å². The lowest BCUT2D eigenvalue weighted by molar-refractivity contribution is 0.453. The minimum absolute atomic E-state index is 0.00972. The first kappa shape index (κ1) is 11.9. The van der Waals surface area contributed by atoms with Crippen molar-refractivity contribution in [2.75, 3.05) is 0 Å². The second-order valence-electron chi connectivity index (χ2n) is 4.30. The van der Waals surface area contributed by atoms with Crippen molar-refractivity contribution >= 4 is 22.6 Å². The summed E-state index contributed by atoms with van der Waals surface area (Å²) in [4.78, 5) is 4.43. The Morgan fingerprint density at radius 1 is 1.11 bits per heavy atom. The molecule has 3 aromatic rings. The number of halogens is 1. The van der Waals surface area contributed by atoms with Gasteiger partial charge in [0.2, 0.25) is 0 Å². The van der Waals surface area contributed by atoms with E-state index < -0.39 is 0 Å². The second kappa shape index (κ2) is 4.17. The van der Waals surface area contributed by atoms with Crippen LogP contribution in [0.25, 0.3) is 22.4 Å². The molecular formula is C14H11ClN2O2. The second-order valence-corrected chi connectivity index (χ2v) is 4.74. The number of rotatable bonds is 1. The third-order valence-corrected chi connectivity index (χ3v) is 3.32. The quantitative estimate of drug-likeness (QED) is 0.716. The van der Waals surface area contributed by atoms with Gasteiger partial charge >= 0.3 is 0 Å². The van der Waals surface area contributed by atoms with E-state index in [-0.39, 0.29) is 11.5 Å². The zero-order valence-electron chi connectivity index (χ0n) is 10.1. The van der Waals surface area contributed by atoms with Crippen molar-refractivity contribution in [2.24, 2.45) is 7.05 Å². The standard InChI is InChI=1S/C14H11ClN2O2/c1-17-10-7-8(15)5-6-9(10)16-14(17)13-11(18)3-2-4-12(13)19/h2-7,18-19H,1H3. The fourth-order valence-electron chi connectivity index (χ4n) is 2.14. The number of benzene rings is 2. The molecule has 96 valence electrons. The van der Waals surface area contributed by atoms with E-state index in [0.717, 1.165) is 11.0 Å². The van der Waals surface area contributed by atoms with Crippen LogP contribution in [0.2, 0.25) is 5.02 Å². The van der Waals surface area contributed by atoms with Crippen LogP contribution in [-0.4, -0.2) is 19.8 Å². The van der Waals surface area contributed by atoms with Crippen molar-refractivity contribution in [3.63, 3.8) is 0 Å². The predicted molar refractivity (Wildman–Crippen MR) is 74.5 cm³/mol. The summed E-state index contributed by atoms with van der Waals surface area (Å²) in [5.41, 5.74) is 1.91. The van der Waals surface area contributed by atoms with Gasteiger partial charge in [0.25, 0.3) is 0 Å². The van der Waals surface area contributed by atoms with Crippen LogP contribution in [0.5, 0.6) is 11.5 Å². The lowest BCUT2D eigenvalue weighted by atomic mass is 10.1. The van der Waals surface area contributed by atoms with Crippen LogP contribution in [0, 0.1) is 0 Å². The molecule has 0 saturated heterocycles. The number of aryl methyl sites for hydroxylation is 1. The van der Waals surface area contributed by atoms with Gasteiger partial charge in [-0.1, -0.05) is 17.7 Å². The summed E-state index contributed by atoms with van der Waals surface area (Å²) in [6, 6.07) is 9.96. The lowest BCUT2D eigenvalue weighted by Gasteiger charge is -2.07. The Bertz CT molecular complexity index is 760. The Morgan fingerprint density at radius 2 is 1.79 bits per heavy atom. The van der Waals surface area contributed by atoms with Crippen LogP contribution in [0.15, 0.2) is 36.4 Å². The molecular weight excluding hydrogens is 264 g/mol. The van der Waals surface area contributed by atoms with Gasteiger partial charge < -0.3 is 14.8 Å². The van der Waals surface area contributed by atoms with Gasteiger partial charge in [0.15, 0.2) is 0 Å². The van der Waals surface area contributed by atoms with Crippen LogP contribution in [0.1, 0.15) is 0 Å². The zero-order valence-corrected chi connectivity index (χ0v) is 10.9. The van der Waals surface area contributed by atoms with Crippen molar-refractivity contribution in [1.29, 1.82) is 0 Å². The Labute approximate surface area is 114 Å². The highest BCUT2D eigenvalue weighted by Crippen LogP contribution is 2.37. The number of fused-ring (bicyclic) bond motifs is 1. The first-order chi connectivity index (χ1) is 9.08. The van der Waals surface area contributed by atoms with Gasteiger partial charge in [-0.3, -0.25) is 0 Å². The van der Waals surface area contributed by atoms with Crippen LogP contribution in [0.3, 0.4) is 0 Å². The molecule has 1 aromatic heterocycles. The number of aromatic hydroxyl groups is 2. The Morgan fingerprint density at radius 3 is 2.47 bits per heavy atom. The van der Waals surface area contributed by atoms with Gasteiger partial charge in [0.1, 0.15) is 22.9 Å². The van der Waals surface area contributed by atoms with E-state index in [1.54, 1.807) is 28.8 Å². The molecule has 0 aliphatic heterocycles. The molecule has 19 heavy (non-hydrogen) atoms. The van der Waals surface area contributed by atoms with Crippen LogP contribution in [0.4, 0.5) is 0 Å². The molecule has 0 amide bonds. The van der Waals surface area contributed by atoms with Crippen LogP contribution >= 0.6 is 11.6 Å². The smallest absolute Gasteiger partial charge is 0.148 e. The van der Waals surface area contributed by atoms with Crippen molar-refractivity contribution < 1.29 is 10.2 Å². The number of phenols is 2. The fraction of sp³-hybridized carbons (Fsp3) is 0.0714. The molecule has 0 aliphatic carbocycles. The first-order valence-corrected chi connectivity index (χ1v) is 6.09. The van der Waals surface area contributed by atoms with Gasteiger partial charge in [-0.2, -0.15) is 0 Å². The molecule has 0 saturated carbocycles. The number of nitrogens with zero attached hydrogens (tertiary/aromatic N) is 2. The molecule has 1 heterocycles. The summed E-state index contributed by atoms with van der Waals surface area (Å²) in [7, 11) is 1.81. The monoisotopic (exact) mass is 274 g/mol. The van der Waals surface area contributed by atoms with Crippen molar-refractivity contribution in [3.8, 4) is 22.9 Å².